The molecule has 18 heavy (non-hydrogen) atoms. The molecule has 0 aliphatic rings. The van der Waals surface area contributed by atoms with Gasteiger partial charge in [0.15, 0.2) is 0 Å². The summed E-state index contributed by atoms with van der Waals surface area (Å²) in [6, 6.07) is 5.81. The van der Waals surface area contributed by atoms with Crippen LogP contribution in [0.3, 0.4) is 0 Å². The number of terminal acetylenes is 1. The summed E-state index contributed by atoms with van der Waals surface area (Å²) in [4.78, 5) is 12.0. The summed E-state index contributed by atoms with van der Waals surface area (Å²) < 4.78 is 18.3. The summed E-state index contributed by atoms with van der Waals surface area (Å²) in [5, 5.41) is 2.90. The van der Waals surface area contributed by atoms with E-state index in [0.717, 1.165) is 0 Å². The molecule has 0 spiro atoms. The molecule has 0 aliphatic carbocycles. The van der Waals surface area contributed by atoms with Gasteiger partial charge in [0, 0.05) is 0 Å². The Balaban J connectivity index is 3.11. The molecular formula is C14H16FNO2. The summed E-state index contributed by atoms with van der Waals surface area (Å²) >= 11 is 0. The third kappa shape index (κ3) is 3.08. The number of esters is 1. The van der Waals surface area contributed by atoms with Crippen LogP contribution >= 0.6 is 0 Å². The first-order chi connectivity index (χ1) is 8.54. The van der Waals surface area contributed by atoms with Crippen LogP contribution in [0, 0.1) is 18.2 Å². The highest BCUT2D eigenvalue weighted by atomic mass is 19.1. The summed E-state index contributed by atoms with van der Waals surface area (Å²) in [5.41, 5.74) is -0.666. The SMILES string of the molecule is C#CCNC(C)(C(=O)OCC)c1cccc(F)c1. The molecule has 0 saturated heterocycles. The van der Waals surface area contributed by atoms with E-state index < -0.39 is 17.3 Å². The molecule has 0 aromatic heterocycles. The van der Waals surface area contributed by atoms with E-state index in [4.69, 9.17) is 11.2 Å². The molecule has 0 fully saturated rings. The van der Waals surface area contributed by atoms with Crippen molar-refractivity contribution in [3.8, 4) is 12.3 Å². The van der Waals surface area contributed by atoms with Crippen LogP contribution < -0.4 is 5.32 Å². The Morgan fingerprint density at radius 1 is 1.61 bits per heavy atom. The fourth-order valence-corrected chi connectivity index (χ4v) is 1.59. The monoisotopic (exact) mass is 249 g/mol. The topological polar surface area (TPSA) is 38.3 Å². The van der Waals surface area contributed by atoms with Crippen molar-refractivity contribution < 1.29 is 13.9 Å². The van der Waals surface area contributed by atoms with Gasteiger partial charge in [-0.2, -0.15) is 0 Å². The highest BCUT2D eigenvalue weighted by Gasteiger charge is 2.36. The number of benzene rings is 1. The van der Waals surface area contributed by atoms with E-state index >= 15 is 0 Å². The Morgan fingerprint density at radius 2 is 2.33 bits per heavy atom. The number of hydrogen-bond donors (Lipinski definition) is 1. The second-order valence-corrected chi connectivity index (χ2v) is 3.91. The lowest BCUT2D eigenvalue weighted by Crippen LogP contribution is -2.48. The maximum atomic E-state index is 13.2. The van der Waals surface area contributed by atoms with E-state index in [0.29, 0.717) is 5.56 Å². The third-order valence-electron chi connectivity index (χ3n) is 2.63. The predicted octanol–water partition coefficient (Wildman–Crippen LogP) is 1.83. The minimum atomic E-state index is -1.15. The third-order valence-corrected chi connectivity index (χ3v) is 2.63. The van der Waals surface area contributed by atoms with Crippen LogP contribution in [0.4, 0.5) is 4.39 Å². The quantitative estimate of drug-likeness (QED) is 0.639. The Bertz CT molecular complexity index is 467. The summed E-state index contributed by atoms with van der Waals surface area (Å²) in [6.45, 7) is 3.77. The summed E-state index contributed by atoms with van der Waals surface area (Å²) in [6.07, 6.45) is 5.18. The number of halogens is 1. The van der Waals surface area contributed by atoms with Gasteiger partial charge in [0.2, 0.25) is 0 Å². The van der Waals surface area contributed by atoms with Crippen molar-refractivity contribution in [2.45, 2.75) is 19.4 Å². The Kier molecular flexibility index (Phi) is 4.87. The van der Waals surface area contributed by atoms with E-state index in [2.05, 4.69) is 11.2 Å². The van der Waals surface area contributed by atoms with E-state index in [1.807, 2.05) is 0 Å². The molecule has 0 saturated carbocycles. The van der Waals surface area contributed by atoms with Crippen LogP contribution in [0.15, 0.2) is 24.3 Å². The van der Waals surface area contributed by atoms with Gasteiger partial charge in [-0.15, -0.1) is 6.42 Å². The van der Waals surface area contributed by atoms with Gasteiger partial charge in [-0.3, -0.25) is 5.32 Å². The highest BCUT2D eigenvalue weighted by molar-refractivity contribution is 5.82. The van der Waals surface area contributed by atoms with E-state index in [9.17, 15) is 9.18 Å². The van der Waals surface area contributed by atoms with Crippen LogP contribution in [0.25, 0.3) is 0 Å². The van der Waals surface area contributed by atoms with E-state index in [-0.39, 0.29) is 13.2 Å². The normalized spacial score (nSPS) is 13.4. The molecule has 4 heteroatoms. The van der Waals surface area contributed by atoms with Gasteiger partial charge in [-0.1, -0.05) is 18.1 Å². The first kappa shape index (κ1) is 14.2. The standard InChI is InChI=1S/C14H16FNO2/c1-4-9-16-14(3,13(17)18-5-2)11-7-6-8-12(15)10-11/h1,6-8,10,16H,5,9H2,2-3H3. The maximum Gasteiger partial charge on any atom is 0.330 e. The molecule has 0 radical (unpaired) electrons. The number of nitrogens with one attached hydrogen (secondary N) is 1. The maximum absolute atomic E-state index is 13.2. The molecular weight excluding hydrogens is 233 g/mol. The number of ether oxygens (including phenoxy) is 1. The molecule has 0 heterocycles. The minimum Gasteiger partial charge on any atom is -0.464 e. The molecule has 1 aromatic carbocycles. The smallest absolute Gasteiger partial charge is 0.330 e. The number of hydrogen-bond acceptors (Lipinski definition) is 3. The van der Waals surface area contributed by atoms with Gasteiger partial charge in [-0.05, 0) is 31.5 Å². The highest BCUT2D eigenvalue weighted by Crippen LogP contribution is 2.23. The largest absolute Gasteiger partial charge is 0.464 e. The van der Waals surface area contributed by atoms with Gasteiger partial charge in [0.05, 0.1) is 13.2 Å². The van der Waals surface area contributed by atoms with Crippen molar-refractivity contribution in [3.05, 3.63) is 35.6 Å². The Labute approximate surface area is 106 Å². The molecule has 1 aromatic rings. The molecule has 0 aliphatic heterocycles. The molecule has 1 unspecified atom stereocenters. The average Bonchev–Trinajstić information content (AvgIpc) is 2.36. The minimum absolute atomic E-state index is 0.186. The Hall–Kier alpha value is -1.86. The zero-order chi connectivity index (χ0) is 13.6. The van der Waals surface area contributed by atoms with Crippen LogP contribution in [-0.2, 0) is 15.1 Å². The molecule has 1 N–H and O–H groups in total. The van der Waals surface area contributed by atoms with E-state index in [1.54, 1.807) is 26.0 Å². The first-order valence-corrected chi connectivity index (χ1v) is 5.66. The van der Waals surface area contributed by atoms with Gasteiger partial charge in [0.25, 0.3) is 0 Å². The van der Waals surface area contributed by atoms with E-state index in [1.165, 1.54) is 12.1 Å². The van der Waals surface area contributed by atoms with Gasteiger partial charge < -0.3 is 4.74 Å². The van der Waals surface area contributed by atoms with Crippen molar-refractivity contribution in [3.63, 3.8) is 0 Å². The van der Waals surface area contributed by atoms with Crippen LogP contribution in [0.5, 0.6) is 0 Å². The number of carbonyl (C=O) groups excluding carboxylic acids is 1. The lowest BCUT2D eigenvalue weighted by Gasteiger charge is -2.28. The fraction of sp³-hybridized carbons (Fsp3) is 0.357. The van der Waals surface area contributed by atoms with Crippen LogP contribution in [-0.4, -0.2) is 19.1 Å². The van der Waals surface area contributed by atoms with Crippen molar-refractivity contribution in [1.29, 1.82) is 0 Å². The lowest BCUT2D eigenvalue weighted by molar-refractivity contribution is -0.150. The van der Waals surface area contributed by atoms with Gasteiger partial charge in [-0.25, -0.2) is 9.18 Å². The first-order valence-electron chi connectivity index (χ1n) is 5.66. The van der Waals surface area contributed by atoms with Gasteiger partial charge in [0.1, 0.15) is 11.4 Å². The molecule has 1 rings (SSSR count). The predicted molar refractivity (Wildman–Crippen MR) is 67.2 cm³/mol. The second-order valence-electron chi connectivity index (χ2n) is 3.91. The van der Waals surface area contributed by atoms with Crippen molar-refractivity contribution >= 4 is 5.97 Å². The number of rotatable bonds is 5. The van der Waals surface area contributed by atoms with Crippen molar-refractivity contribution in [2.24, 2.45) is 0 Å². The van der Waals surface area contributed by atoms with Crippen LogP contribution in [0.1, 0.15) is 19.4 Å². The van der Waals surface area contributed by atoms with Crippen molar-refractivity contribution in [1.82, 2.24) is 5.32 Å². The average molecular weight is 249 g/mol. The van der Waals surface area contributed by atoms with Crippen molar-refractivity contribution in [2.75, 3.05) is 13.2 Å². The molecule has 96 valence electrons. The second kappa shape index (κ2) is 6.18. The molecule has 0 bridgehead atoms. The number of carbonyl (C=O) groups is 1. The summed E-state index contributed by atoms with van der Waals surface area (Å²) in [5.74, 6) is 1.50. The summed E-state index contributed by atoms with van der Waals surface area (Å²) in [7, 11) is 0. The Morgan fingerprint density at radius 3 is 2.89 bits per heavy atom. The lowest BCUT2D eigenvalue weighted by atomic mass is 9.92. The fourth-order valence-electron chi connectivity index (χ4n) is 1.59. The van der Waals surface area contributed by atoms with Gasteiger partial charge >= 0.3 is 5.97 Å². The zero-order valence-electron chi connectivity index (χ0n) is 10.5. The molecule has 3 nitrogen and oxygen atoms in total. The zero-order valence-corrected chi connectivity index (χ0v) is 10.5. The molecule has 0 amide bonds. The van der Waals surface area contributed by atoms with Crippen LogP contribution in [0.2, 0.25) is 0 Å². The molecule has 1 atom stereocenters.